The molecule has 0 N–H and O–H groups in total. The molecular formula is C29H36O. The van der Waals surface area contributed by atoms with Crippen molar-refractivity contribution in [3.05, 3.63) is 77.4 Å². The maximum absolute atomic E-state index is 5.79. The topological polar surface area (TPSA) is 9.23 Å². The Morgan fingerprint density at radius 1 is 0.900 bits per heavy atom. The van der Waals surface area contributed by atoms with Crippen molar-refractivity contribution in [3.8, 4) is 17.6 Å². The number of hydrogen-bond donors (Lipinski definition) is 0. The van der Waals surface area contributed by atoms with Gasteiger partial charge in [-0.1, -0.05) is 68.9 Å². The van der Waals surface area contributed by atoms with Crippen LogP contribution in [0.5, 0.6) is 5.75 Å². The molecule has 158 valence electrons. The van der Waals surface area contributed by atoms with Crippen LogP contribution in [-0.2, 0) is 6.42 Å². The van der Waals surface area contributed by atoms with Gasteiger partial charge in [0, 0.05) is 5.56 Å². The third-order valence-electron chi connectivity index (χ3n) is 6.05. The molecule has 0 spiro atoms. The lowest BCUT2D eigenvalue weighted by molar-refractivity contribution is 0.309. The van der Waals surface area contributed by atoms with E-state index in [-0.39, 0.29) is 0 Å². The SMILES string of the molecule is CCCCOc1ccc([C@H]2CC[C@H](C=CC#Cc3ccc(CCC)cc3)CC2)cc1. The molecule has 1 fully saturated rings. The van der Waals surface area contributed by atoms with E-state index in [2.05, 4.69) is 86.4 Å². The average molecular weight is 401 g/mol. The van der Waals surface area contributed by atoms with Gasteiger partial charge in [0.15, 0.2) is 0 Å². The molecule has 1 heteroatoms. The van der Waals surface area contributed by atoms with E-state index in [1.54, 1.807) is 0 Å². The second-order valence-corrected chi connectivity index (χ2v) is 8.46. The first kappa shape index (κ1) is 22.2. The number of benzene rings is 2. The zero-order valence-corrected chi connectivity index (χ0v) is 18.7. The van der Waals surface area contributed by atoms with Crippen molar-refractivity contribution in [1.82, 2.24) is 0 Å². The van der Waals surface area contributed by atoms with Gasteiger partial charge in [-0.3, -0.25) is 0 Å². The number of allylic oxidation sites excluding steroid dienone is 2. The average Bonchev–Trinajstić information content (AvgIpc) is 2.79. The highest BCUT2D eigenvalue weighted by Gasteiger charge is 2.20. The largest absolute Gasteiger partial charge is 0.494 e. The van der Waals surface area contributed by atoms with Gasteiger partial charge in [0.05, 0.1) is 6.61 Å². The molecule has 0 unspecified atom stereocenters. The maximum Gasteiger partial charge on any atom is 0.119 e. The molecule has 0 bridgehead atoms. The highest BCUT2D eigenvalue weighted by Crippen LogP contribution is 2.36. The molecule has 1 saturated carbocycles. The van der Waals surface area contributed by atoms with Crippen LogP contribution in [0.2, 0.25) is 0 Å². The molecule has 1 aliphatic carbocycles. The monoisotopic (exact) mass is 400 g/mol. The third kappa shape index (κ3) is 7.10. The summed E-state index contributed by atoms with van der Waals surface area (Å²) in [5, 5.41) is 0. The number of aryl methyl sites for hydroxylation is 1. The van der Waals surface area contributed by atoms with Gasteiger partial charge in [-0.05, 0) is 91.8 Å². The normalized spacial score (nSPS) is 18.7. The molecule has 0 atom stereocenters. The molecular weight excluding hydrogens is 364 g/mol. The molecule has 0 aliphatic heterocycles. The predicted octanol–water partition coefficient (Wildman–Crippen LogP) is 7.70. The third-order valence-corrected chi connectivity index (χ3v) is 6.05. The lowest BCUT2D eigenvalue weighted by Gasteiger charge is -2.27. The minimum atomic E-state index is 0.666. The molecule has 1 aliphatic rings. The van der Waals surface area contributed by atoms with Crippen molar-refractivity contribution >= 4 is 0 Å². The molecule has 0 radical (unpaired) electrons. The predicted molar refractivity (Wildman–Crippen MR) is 128 cm³/mol. The summed E-state index contributed by atoms with van der Waals surface area (Å²) in [6.45, 7) is 5.23. The van der Waals surface area contributed by atoms with Gasteiger partial charge >= 0.3 is 0 Å². The van der Waals surface area contributed by atoms with E-state index in [0.29, 0.717) is 11.8 Å². The van der Waals surface area contributed by atoms with Gasteiger partial charge in [0.2, 0.25) is 0 Å². The van der Waals surface area contributed by atoms with Gasteiger partial charge < -0.3 is 4.74 Å². The van der Waals surface area contributed by atoms with Gasteiger partial charge in [-0.2, -0.15) is 0 Å². The Hall–Kier alpha value is -2.46. The summed E-state index contributed by atoms with van der Waals surface area (Å²) >= 11 is 0. The molecule has 2 aromatic rings. The molecule has 3 rings (SSSR count). The Bertz CT molecular complexity index is 825. The standard InChI is InChI=1S/C29H36O/c1-3-5-23-30-29-21-19-28(20-22-29)27-17-15-26(16-18-27)10-7-6-9-25-13-11-24(8-4-2)12-14-25/h7,10-14,19-22,26-27H,3-5,8,15-18,23H2,1-2H3/t26-,27-. The smallest absolute Gasteiger partial charge is 0.119 e. The molecule has 0 heterocycles. The Labute approximate surface area is 183 Å². The van der Waals surface area contributed by atoms with Gasteiger partial charge in [-0.25, -0.2) is 0 Å². The number of rotatable bonds is 8. The summed E-state index contributed by atoms with van der Waals surface area (Å²) in [6.07, 6.45) is 14.0. The van der Waals surface area contributed by atoms with Crippen molar-refractivity contribution in [2.45, 2.75) is 71.1 Å². The van der Waals surface area contributed by atoms with Crippen molar-refractivity contribution in [2.24, 2.45) is 5.92 Å². The second-order valence-electron chi connectivity index (χ2n) is 8.46. The van der Waals surface area contributed by atoms with Gasteiger partial charge in [0.1, 0.15) is 5.75 Å². The van der Waals surface area contributed by atoms with E-state index in [4.69, 9.17) is 4.74 Å². The van der Waals surface area contributed by atoms with E-state index in [9.17, 15) is 0 Å². The summed E-state index contributed by atoms with van der Waals surface area (Å²) in [5.74, 6) is 8.84. The van der Waals surface area contributed by atoms with Gasteiger partial charge in [-0.15, -0.1) is 0 Å². The van der Waals surface area contributed by atoms with Crippen LogP contribution in [0.25, 0.3) is 0 Å². The summed E-state index contributed by atoms with van der Waals surface area (Å²) in [6, 6.07) is 17.5. The fourth-order valence-corrected chi connectivity index (χ4v) is 4.17. The van der Waals surface area contributed by atoms with E-state index in [0.717, 1.165) is 30.8 Å². The van der Waals surface area contributed by atoms with Crippen molar-refractivity contribution < 1.29 is 4.74 Å². The first-order valence-corrected chi connectivity index (χ1v) is 11.8. The lowest BCUT2D eigenvalue weighted by Crippen LogP contribution is -2.11. The van der Waals surface area contributed by atoms with Crippen LogP contribution in [0, 0.1) is 17.8 Å². The van der Waals surface area contributed by atoms with E-state index >= 15 is 0 Å². The van der Waals surface area contributed by atoms with Crippen LogP contribution in [0.15, 0.2) is 60.7 Å². The fraction of sp³-hybridized carbons (Fsp3) is 0.448. The zero-order chi connectivity index (χ0) is 21.0. The van der Waals surface area contributed by atoms with Crippen LogP contribution >= 0.6 is 0 Å². The van der Waals surface area contributed by atoms with E-state index in [1.165, 1.54) is 49.7 Å². The van der Waals surface area contributed by atoms with E-state index < -0.39 is 0 Å². The number of hydrogen-bond acceptors (Lipinski definition) is 1. The highest BCUT2D eigenvalue weighted by atomic mass is 16.5. The van der Waals surface area contributed by atoms with Crippen LogP contribution in [0.1, 0.15) is 81.4 Å². The Morgan fingerprint density at radius 3 is 2.30 bits per heavy atom. The molecule has 2 aromatic carbocycles. The molecule has 1 nitrogen and oxygen atoms in total. The van der Waals surface area contributed by atoms with Crippen LogP contribution in [-0.4, -0.2) is 6.61 Å². The van der Waals surface area contributed by atoms with E-state index in [1.807, 2.05) is 0 Å². The summed E-state index contributed by atoms with van der Waals surface area (Å²) in [4.78, 5) is 0. The quantitative estimate of drug-likeness (QED) is 0.326. The van der Waals surface area contributed by atoms with Gasteiger partial charge in [0.25, 0.3) is 0 Å². The minimum Gasteiger partial charge on any atom is -0.494 e. The molecule has 30 heavy (non-hydrogen) atoms. The van der Waals surface area contributed by atoms with Crippen molar-refractivity contribution in [1.29, 1.82) is 0 Å². The number of ether oxygens (including phenoxy) is 1. The molecule has 0 aromatic heterocycles. The Balaban J connectivity index is 1.43. The summed E-state index contributed by atoms with van der Waals surface area (Å²) < 4.78 is 5.79. The first-order chi connectivity index (χ1) is 14.8. The van der Waals surface area contributed by atoms with Crippen LogP contribution in [0.4, 0.5) is 0 Å². The van der Waals surface area contributed by atoms with Crippen molar-refractivity contribution in [2.75, 3.05) is 6.61 Å². The van der Waals surface area contributed by atoms with Crippen LogP contribution in [0.3, 0.4) is 0 Å². The Kier molecular flexibility index (Phi) is 9.10. The minimum absolute atomic E-state index is 0.666. The fourth-order valence-electron chi connectivity index (χ4n) is 4.17. The molecule has 0 saturated heterocycles. The first-order valence-electron chi connectivity index (χ1n) is 11.8. The maximum atomic E-state index is 5.79. The second kappa shape index (κ2) is 12.3. The highest BCUT2D eigenvalue weighted by molar-refractivity contribution is 5.38. The summed E-state index contributed by atoms with van der Waals surface area (Å²) in [5.41, 5.74) is 3.96. The summed E-state index contributed by atoms with van der Waals surface area (Å²) in [7, 11) is 0. The zero-order valence-electron chi connectivity index (χ0n) is 18.7. The Morgan fingerprint density at radius 2 is 1.63 bits per heavy atom. The van der Waals surface area contributed by atoms with Crippen LogP contribution < -0.4 is 4.74 Å². The van der Waals surface area contributed by atoms with Crippen molar-refractivity contribution in [3.63, 3.8) is 0 Å². The number of unbranched alkanes of at least 4 members (excludes halogenated alkanes) is 1. The molecule has 0 amide bonds. The lowest BCUT2D eigenvalue weighted by atomic mass is 9.78.